The third-order valence-corrected chi connectivity index (χ3v) is 3.44. The van der Waals surface area contributed by atoms with E-state index in [0.29, 0.717) is 5.69 Å². The molecule has 0 amide bonds. The zero-order chi connectivity index (χ0) is 13.1. The van der Waals surface area contributed by atoms with Gasteiger partial charge in [-0.1, -0.05) is 24.3 Å². The molecule has 3 heteroatoms. The van der Waals surface area contributed by atoms with Gasteiger partial charge in [-0.25, -0.2) is 4.98 Å². The first-order valence-corrected chi connectivity index (χ1v) is 6.15. The minimum Gasteiger partial charge on any atom is -0.329 e. The van der Waals surface area contributed by atoms with E-state index in [-0.39, 0.29) is 0 Å². The second kappa shape index (κ2) is 5.17. The van der Waals surface area contributed by atoms with Crippen LogP contribution in [0.5, 0.6) is 0 Å². The molecular formula is C15H18N2O. The van der Waals surface area contributed by atoms with E-state index >= 15 is 0 Å². The fraction of sp³-hybridized carbons (Fsp3) is 0.333. The summed E-state index contributed by atoms with van der Waals surface area (Å²) < 4.78 is 1.85. The lowest BCUT2D eigenvalue weighted by molar-refractivity contribution is 0.111. The lowest BCUT2D eigenvalue weighted by Crippen LogP contribution is -2.00. The van der Waals surface area contributed by atoms with E-state index in [9.17, 15) is 4.79 Å². The van der Waals surface area contributed by atoms with Crippen LogP contribution in [0.2, 0.25) is 0 Å². The van der Waals surface area contributed by atoms with E-state index in [2.05, 4.69) is 24.0 Å². The molecule has 2 rings (SSSR count). The van der Waals surface area contributed by atoms with Crippen LogP contribution in [-0.2, 0) is 19.9 Å². The van der Waals surface area contributed by atoms with Crippen molar-refractivity contribution in [2.45, 2.75) is 26.7 Å². The SMILES string of the molecule is Cc1ccccc1CCc1nc(C)n(C)c1C=O. The van der Waals surface area contributed by atoms with Gasteiger partial charge < -0.3 is 4.57 Å². The van der Waals surface area contributed by atoms with Crippen LogP contribution in [0.4, 0.5) is 0 Å². The molecule has 3 nitrogen and oxygen atoms in total. The van der Waals surface area contributed by atoms with Gasteiger partial charge in [-0.05, 0) is 37.8 Å². The van der Waals surface area contributed by atoms with Crippen LogP contribution in [0, 0.1) is 13.8 Å². The van der Waals surface area contributed by atoms with Crippen LogP contribution < -0.4 is 0 Å². The Hall–Kier alpha value is -1.90. The quantitative estimate of drug-likeness (QED) is 0.772. The van der Waals surface area contributed by atoms with Crippen LogP contribution in [0.1, 0.15) is 33.1 Å². The van der Waals surface area contributed by atoms with Gasteiger partial charge in [0, 0.05) is 7.05 Å². The summed E-state index contributed by atoms with van der Waals surface area (Å²) in [5.74, 6) is 0.886. The molecule has 0 radical (unpaired) electrons. The topological polar surface area (TPSA) is 34.9 Å². The third-order valence-electron chi connectivity index (χ3n) is 3.44. The minimum absolute atomic E-state index is 0.695. The predicted molar refractivity (Wildman–Crippen MR) is 71.9 cm³/mol. The molecular weight excluding hydrogens is 224 g/mol. The van der Waals surface area contributed by atoms with Gasteiger partial charge in [0.25, 0.3) is 0 Å². The van der Waals surface area contributed by atoms with E-state index in [1.54, 1.807) is 0 Å². The maximum absolute atomic E-state index is 11.1. The Morgan fingerprint density at radius 3 is 2.61 bits per heavy atom. The van der Waals surface area contributed by atoms with Gasteiger partial charge in [0.2, 0.25) is 0 Å². The molecule has 0 fully saturated rings. The average Bonchev–Trinajstić information content (AvgIpc) is 2.64. The number of hydrogen-bond donors (Lipinski definition) is 0. The molecule has 1 heterocycles. The van der Waals surface area contributed by atoms with E-state index < -0.39 is 0 Å². The summed E-state index contributed by atoms with van der Waals surface area (Å²) in [4.78, 5) is 15.5. The van der Waals surface area contributed by atoms with Crippen molar-refractivity contribution in [1.82, 2.24) is 9.55 Å². The highest BCUT2D eigenvalue weighted by atomic mass is 16.1. The number of aryl methyl sites for hydroxylation is 4. The van der Waals surface area contributed by atoms with E-state index in [1.807, 2.05) is 30.7 Å². The summed E-state index contributed by atoms with van der Waals surface area (Å²) in [6.45, 7) is 4.03. The molecule has 0 spiro atoms. The van der Waals surface area contributed by atoms with Crippen molar-refractivity contribution < 1.29 is 4.79 Å². The predicted octanol–water partition coefficient (Wildman–Crippen LogP) is 2.63. The van der Waals surface area contributed by atoms with Crippen LogP contribution in [0.3, 0.4) is 0 Å². The van der Waals surface area contributed by atoms with Crippen molar-refractivity contribution in [3.8, 4) is 0 Å². The average molecular weight is 242 g/mol. The van der Waals surface area contributed by atoms with Crippen LogP contribution in [-0.4, -0.2) is 15.8 Å². The first kappa shape index (κ1) is 12.6. The number of nitrogens with zero attached hydrogens (tertiary/aromatic N) is 2. The summed E-state index contributed by atoms with van der Waals surface area (Å²) in [6, 6.07) is 8.33. The number of benzene rings is 1. The van der Waals surface area contributed by atoms with Crippen LogP contribution in [0.15, 0.2) is 24.3 Å². The van der Waals surface area contributed by atoms with Gasteiger partial charge >= 0.3 is 0 Å². The second-order valence-electron chi connectivity index (χ2n) is 4.59. The Balaban J connectivity index is 2.18. The molecule has 94 valence electrons. The summed E-state index contributed by atoms with van der Waals surface area (Å²) >= 11 is 0. The Kier molecular flexibility index (Phi) is 3.60. The van der Waals surface area contributed by atoms with Gasteiger partial charge in [-0.3, -0.25) is 4.79 Å². The molecule has 0 unspecified atom stereocenters. The normalized spacial score (nSPS) is 10.6. The zero-order valence-electron chi connectivity index (χ0n) is 11.1. The maximum Gasteiger partial charge on any atom is 0.168 e. The van der Waals surface area contributed by atoms with Crippen molar-refractivity contribution in [1.29, 1.82) is 0 Å². The molecule has 0 N–H and O–H groups in total. The fourth-order valence-electron chi connectivity index (χ4n) is 2.17. The summed E-state index contributed by atoms with van der Waals surface area (Å²) in [5.41, 5.74) is 4.20. The van der Waals surface area contributed by atoms with Gasteiger partial charge in [0.1, 0.15) is 11.5 Å². The van der Waals surface area contributed by atoms with Crippen molar-refractivity contribution in [3.63, 3.8) is 0 Å². The molecule has 0 bridgehead atoms. The smallest absolute Gasteiger partial charge is 0.168 e. The van der Waals surface area contributed by atoms with Gasteiger partial charge in [0.15, 0.2) is 6.29 Å². The number of imidazole rings is 1. The van der Waals surface area contributed by atoms with Gasteiger partial charge in [-0.2, -0.15) is 0 Å². The highest BCUT2D eigenvalue weighted by Gasteiger charge is 2.11. The second-order valence-corrected chi connectivity index (χ2v) is 4.59. The van der Waals surface area contributed by atoms with Crippen LogP contribution in [0.25, 0.3) is 0 Å². The first-order valence-electron chi connectivity index (χ1n) is 6.15. The van der Waals surface area contributed by atoms with Gasteiger partial charge in [0.05, 0.1) is 5.69 Å². The molecule has 2 aromatic rings. The molecule has 0 saturated heterocycles. The standard InChI is InChI=1S/C15H18N2O/c1-11-6-4-5-7-13(11)8-9-14-15(10-18)17(3)12(2)16-14/h4-7,10H,8-9H2,1-3H3. The van der Waals surface area contributed by atoms with Crippen LogP contribution >= 0.6 is 0 Å². The van der Waals surface area contributed by atoms with E-state index in [1.165, 1.54) is 11.1 Å². The Morgan fingerprint density at radius 2 is 1.94 bits per heavy atom. The summed E-state index contributed by atoms with van der Waals surface area (Å²) in [7, 11) is 1.88. The molecule has 1 aromatic carbocycles. The Morgan fingerprint density at radius 1 is 1.22 bits per heavy atom. The number of carbonyl (C=O) groups excluding carboxylic acids is 1. The monoisotopic (exact) mass is 242 g/mol. The molecule has 0 atom stereocenters. The van der Waals surface area contributed by atoms with Crippen molar-refractivity contribution >= 4 is 6.29 Å². The first-order chi connectivity index (χ1) is 8.63. The molecule has 0 aliphatic heterocycles. The van der Waals surface area contributed by atoms with Gasteiger partial charge in [-0.15, -0.1) is 0 Å². The summed E-state index contributed by atoms with van der Waals surface area (Å²) in [6.07, 6.45) is 2.62. The Labute approximate surface area is 107 Å². The number of carbonyl (C=O) groups is 1. The largest absolute Gasteiger partial charge is 0.329 e. The number of aldehydes is 1. The number of hydrogen-bond acceptors (Lipinski definition) is 2. The maximum atomic E-state index is 11.1. The minimum atomic E-state index is 0.695. The van der Waals surface area contributed by atoms with Crippen molar-refractivity contribution in [3.05, 3.63) is 52.6 Å². The molecule has 0 aliphatic rings. The highest BCUT2D eigenvalue weighted by Crippen LogP contribution is 2.14. The number of aromatic nitrogens is 2. The lowest BCUT2D eigenvalue weighted by Gasteiger charge is -2.04. The van der Waals surface area contributed by atoms with Crippen molar-refractivity contribution in [2.75, 3.05) is 0 Å². The number of rotatable bonds is 4. The highest BCUT2D eigenvalue weighted by molar-refractivity contribution is 5.74. The molecule has 1 aromatic heterocycles. The van der Waals surface area contributed by atoms with Crippen molar-refractivity contribution in [2.24, 2.45) is 7.05 Å². The van der Waals surface area contributed by atoms with E-state index in [4.69, 9.17) is 0 Å². The zero-order valence-corrected chi connectivity index (χ0v) is 11.1. The van der Waals surface area contributed by atoms with E-state index in [0.717, 1.165) is 30.6 Å². The fourth-order valence-corrected chi connectivity index (χ4v) is 2.17. The lowest BCUT2D eigenvalue weighted by atomic mass is 10.0. The summed E-state index contributed by atoms with van der Waals surface area (Å²) in [5, 5.41) is 0. The Bertz CT molecular complexity index is 570. The molecule has 0 aliphatic carbocycles. The molecule has 0 saturated carbocycles. The third kappa shape index (κ3) is 2.35. The molecule has 18 heavy (non-hydrogen) atoms.